The number of ether oxygens (including phenoxy) is 5. The van der Waals surface area contributed by atoms with Crippen LogP contribution in [0.25, 0.3) is 0 Å². The molecule has 0 N–H and O–H groups in total. The SMILES string of the molecule is COC(=O)C1=C(C(=O)OC)N(c2cc(OC)cc(OC)c2F)COC1. The molecule has 136 valence electrons. The number of nitrogens with zero attached hydrogens (tertiary/aromatic N) is 1. The zero-order chi connectivity index (χ0) is 18.6. The third-order valence-electron chi connectivity index (χ3n) is 3.57. The summed E-state index contributed by atoms with van der Waals surface area (Å²) >= 11 is 0. The molecule has 1 aromatic rings. The number of rotatable bonds is 5. The molecule has 25 heavy (non-hydrogen) atoms. The Balaban J connectivity index is 2.67. The molecule has 1 aromatic carbocycles. The molecule has 0 spiro atoms. The summed E-state index contributed by atoms with van der Waals surface area (Å²) in [5.74, 6) is -2.16. The maximum atomic E-state index is 14.8. The lowest BCUT2D eigenvalue weighted by molar-refractivity contribution is -0.140. The molecule has 1 heterocycles. The van der Waals surface area contributed by atoms with Crippen molar-refractivity contribution in [3.8, 4) is 11.5 Å². The monoisotopic (exact) mass is 355 g/mol. The Labute approximate surface area is 143 Å². The fraction of sp³-hybridized carbons (Fsp3) is 0.375. The molecule has 0 bridgehead atoms. The molecule has 0 aromatic heterocycles. The predicted octanol–water partition coefficient (Wildman–Crippen LogP) is 1.24. The van der Waals surface area contributed by atoms with Crippen molar-refractivity contribution < 1.29 is 37.7 Å². The van der Waals surface area contributed by atoms with Crippen LogP contribution in [0.1, 0.15) is 0 Å². The zero-order valence-corrected chi connectivity index (χ0v) is 14.3. The zero-order valence-electron chi connectivity index (χ0n) is 14.3. The van der Waals surface area contributed by atoms with Crippen LogP contribution in [0.2, 0.25) is 0 Å². The molecule has 0 saturated carbocycles. The fourth-order valence-electron chi connectivity index (χ4n) is 2.36. The number of benzene rings is 1. The van der Waals surface area contributed by atoms with Gasteiger partial charge in [-0.15, -0.1) is 0 Å². The first kappa shape index (κ1) is 18.5. The summed E-state index contributed by atoms with van der Waals surface area (Å²) in [7, 11) is 5.02. The Hall–Kier alpha value is -2.81. The molecule has 1 aliphatic rings. The van der Waals surface area contributed by atoms with Crippen molar-refractivity contribution in [2.75, 3.05) is 46.7 Å². The van der Waals surface area contributed by atoms with Gasteiger partial charge in [-0.1, -0.05) is 0 Å². The van der Waals surface area contributed by atoms with Gasteiger partial charge in [0, 0.05) is 12.1 Å². The second-order valence-electron chi connectivity index (χ2n) is 4.88. The van der Waals surface area contributed by atoms with E-state index in [0.717, 1.165) is 7.11 Å². The lowest BCUT2D eigenvalue weighted by Crippen LogP contribution is -2.39. The van der Waals surface area contributed by atoms with E-state index in [1.165, 1.54) is 38.4 Å². The maximum absolute atomic E-state index is 14.8. The molecule has 0 radical (unpaired) electrons. The quantitative estimate of drug-likeness (QED) is 0.730. The first-order valence-corrected chi connectivity index (χ1v) is 7.15. The number of esters is 2. The van der Waals surface area contributed by atoms with Gasteiger partial charge >= 0.3 is 11.9 Å². The average molecular weight is 355 g/mol. The highest BCUT2D eigenvalue weighted by Crippen LogP contribution is 2.36. The molecular weight excluding hydrogens is 337 g/mol. The van der Waals surface area contributed by atoms with Crippen LogP contribution in [0.4, 0.5) is 10.1 Å². The summed E-state index contributed by atoms with van der Waals surface area (Å²) in [6.45, 7) is -0.353. The van der Waals surface area contributed by atoms with Gasteiger partial charge in [0.15, 0.2) is 11.6 Å². The smallest absolute Gasteiger partial charge is 0.355 e. The van der Waals surface area contributed by atoms with Crippen molar-refractivity contribution in [1.29, 1.82) is 0 Å². The molecule has 0 saturated heterocycles. The minimum absolute atomic E-state index is 0.0716. The average Bonchev–Trinajstić information content (AvgIpc) is 2.66. The first-order valence-electron chi connectivity index (χ1n) is 7.15. The molecule has 2 rings (SSSR count). The Bertz CT molecular complexity index is 717. The Morgan fingerprint density at radius 2 is 1.76 bits per heavy atom. The topological polar surface area (TPSA) is 83.5 Å². The lowest BCUT2D eigenvalue weighted by atomic mass is 10.1. The van der Waals surface area contributed by atoms with E-state index in [1.807, 2.05) is 0 Å². The largest absolute Gasteiger partial charge is 0.497 e. The molecule has 9 heteroatoms. The van der Waals surface area contributed by atoms with Crippen molar-refractivity contribution in [1.82, 2.24) is 0 Å². The van der Waals surface area contributed by atoms with Crippen LogP contribution < -0.4 is 14.4 Å². The van der Waals surface area contributed by atoms with E-state index >= 15 is 0 Å². The molecular formula is C16H18FNO7. The summed E-state index contributed by atoms with van der Waals surface area (Å²) in [4.78, 5) is 25.4. The van der Waals surface area contributed by atoms with Crippen LogP contribution in [0, 0.1) is 5.82 Å². The van der Waals surface area contributed by atoms with E-state index in [0.29, 0.717) is 5.75 Å². The number of halogens is 1. The van der Waals surface area contributed by atoms with Crippen molar-refractivity contribution in [3.05, 3.63) is 29.2 Å². The van der Waals surface area contributed by atoms with Gasteiger partial charge in [0.05, 0.1) is 46.3 Å². The molecule has 0 fully saturated rings. The van der Waals surface area contributed by atoms with Gasteiger partial charge in [0.2, 0.25) is 0 Å². The molecule has 0 amide bonds. The van der Waals surface area contributed by atoms with Crippen molar-refractivity contribution >= 4 is 17.6 Å². The minimum atomic E-state index is -0.829. The molecule has 1 aliphatic heterocycles. The molecule has 0 atom stereocenters. The van der Waals surface area contributed by atoms with Gasteiger partial charge < -0.3 is 28.6 Å². The van der Waals surface area contributed by atoms with Crippen LogP contribution in [0.15, 0.2) is 23.4 Å². The van der Waals surface area contributed by atoms with Crippen molar-refractivity contribution in [2.24, 2.45) is 0 Å². The van der Waals surface area contributed by atoms with Crippen molar-refractivity contribution in [2.45, 2.75) is 0 Å². The maximum Gasteiger partial charge on any atom is 0.355 e. The van der Waals surface area contributed by atoms with E-state index in [-0.39, 0.29) is 36.0 Å². The van der Waals surface area contributed by atoms with E-state index in [2.05, 4.69) is 4.74 Å². The van der Waals surface area contributed by atoms with Gasteiger partial charge in [-0.3, -0.25) is 0 Å². The predicted molar refractivity (Wildman–Crippen MR) is 83.9 cm³/mol. The summed E-state index contributed by atoms with van der Waals surface area (Å²) in [6, 6.07) is 2.71. The normalized spacial score (nSPS) is 14.2. The Morgan fingerprint density at radius 1 is 1.08 bits per heavy atom. The van der Waals surface area contributed by atoms with Crippen LogP contribution in [0.5, 0.6) is 11.5 Å². The number of hydrogen-bond acceptors (Lipinski definition) is 8. The summed E-state index contributed by atoms with van der Waals surface area (Å²) in [5, 5.41) is 0. The molecule has 8 nitrogen and oxygen atoms in total. The third kappa shape index (κ3) is 3.50. The van der Waals surface area contributed by atoms with E-state index in [4.69, 9.17) is 18.9 Å². The minimum Gasteiger partial charge on any atom is -0.497 e. The van der Waals surface area contributed by atoms with Crippen LogP contribution in [-0.4, -0.2) is 53.7 Å². The second-order valence-corrected chi connectivity index (χ2v) is 4.88. The number of hydrogen-bond donors (Lipinski definition) is 0. The van der Waals surface area contributed by atoms with Gasteiger partial charge in [-0.2, -0.15) is 0 Å². The van der Waals surface area contributed by atoms with Gasteiger partial charge in [0.1, 0.15) is 18.2 Å². The van der Waals surface area contributed by atoms with Crippen LogP contribution >= 0.6 is 0 Å². The first-order chi connectivity index (χ1) is 12.0. The van der Waals surface area contributed by atoms with Gasteiger partial charge in [-0.05, 0) is 0 Å². The van der Waals surface area contributed by atoms with Gasteiger partial charge in [-0.25, -0.2) is 14.0 Å². The summed E-state index contributed by atoms with van der Waals surface area (Å²) < 4.78 is 39.6. The van der Waals surface area contributed by atoms with Crippen LogP contribution in [-0.2, 0) is 23.8 Å². The summed E-state index contributed by atoms with van der Waals surface area (Å²) in [6.07, 6.45) is 0. The standard InChI is InChI=1S/C16H18FNO7/c1-21-9-5-11(13(17)12(6-9)22-2)18-8-25-7-10(15(19)23-3)14(18)16(20)24-4/h5-6H,7-8H2,1-4H3. The highest BCUT2D eigenvalue weighted by molar-refractivity contribution is 6.03. The third-order valence-corrected chi connectivity index (χ3v) is 3.57. The molecule has 0 unspecified atom stereocenters. The fourth-order valence-corrected chi connectivity index (χ4v) is 2.36. The number of carbonyl (C=O) groups is 2. The highest BCUT2D eigenvalue weighted by Gasteiger charge is 2.34. The Morgan fingerprint density at radius 3 is 2.32 bits per heavy atom. The highest BCUT2D eigenvalue weighted by atomic mass is 19.1. The summed E-state index contributed by atoms with van der Waals surface area (Å²) in [5.41, 5.74) is -0.325. The van der Waals surface area contributed by atoms with Gasteiger partial charge in [0.25, 0.3) is 0 Å². The number of methoxy groups -OCH3 is 4. The number of carbonyl (C=O) groups excluding carboxylic acids is 2. The second kappa shape index (κ2) is 7.84. The Kier molecular flexibility index (Phi) is 5.81. The van der Waals surface area contributed by atoms with E-state index < -0.39 is 17.8 Å². The lowest BCUT2D eigenvalue weighted by Gasteiger charge is -2.31. The number of anilines is 1. The van der Waals surface area contributed by atoms with E-state index in [1.54, 1.807) is 0 Å². The van der Waals surface area contributed by atoms with Crippen molar-refractivity contribution in [3.63, 3.8) is 0 Å². The van der Waals surface area contributed by atoms with E-state index in [9.17, 15) is 14.0 Å². The molecule has 0 aliphatic carbocycles. The van der Waals surface area contributed by atoms with Crippen LogP contribution in [0.3, 0.4) is 0 Å².